The van der Waals surface area contributed by atoms with Gasteiger partial charge in [0.15, 0.2) is 0 Å². The summed E-state index contributed by atoms with van der Waals surface area (Å²) in [7, 11) is 1.74. The van der Waals surface area contributed by atoms with Gasteiger partial charge in [-0.1, -0.05) is 13.8 Å². The summed E-state index contributed by atoms with van der Waals surface area (Å²) in [6.07, 6.45) is 2.38. The molecule has 2 unspecified atom stereocenters. The van der Waals surface area contributed by atoms with E-state index in [9.17, 15) is 5.11 Å². The minimum absolute atomic E-state index is 0.295. The zero-order valence-corrected chi connectivity index (χ0v) is 13.1. The molecular weight excluding hydrogens is 240 g/mol. The Morgan fingerprint density at radius 1 is 1.26 bits per heavy atom. The van der Waals surface area contributed by atoms with Crippen LogP contribution in [0, 0.1) is 11.8 Å². The third-order valence-corrected chi connectivity index (χ3v) is 3.84. The zero-order valence-electron chi connectivity index (χ0n) is 13.1. The predicted octanol–water partition coefficient (Wildman–Crippen LogP) is 1.34. The van der Waals surface area contributed by atoms with E-state index in [1.807, 2.05) is 0 Å². The van der Waals surface area contributed by atoms with Crippen LogP contribution in [-0.2, 0) is 4.74 Å². The minimum Gasteiger partial charge on any atom is -0.390 e. The highest BCUT2D eigenvalue weighted by Crippen LogP contribution is 2.35. The maximum absolute atomic E-state index is 10.1. The molecule has 1 rings (SSSR count). The summed E-state index contributed by atoms with van der Waals surface area (Å²) in [5.74, 6) is 1.45. The maximum Gasteiger partial charge on any atom is 0.0791 e. The Bertz CT molecular complexity index is 232. The SMILES string of the molecule is COCCN(CC(O)CNCC(C)C)C(C)C1CC1. The second kappa shape index (κ2) is 8.90. The van der Waals surface area contributed by atoms with E-state index in [0.29, 0.717) is 18.5 Å². The van der Waals surface area contributed by atoms with Crippen molar-refractivity contribution in [3.8, 4) is 0 Å². The molecule has 0 bridgehead atoms. The van der Waals surface area contributed by atoms with E-state index < -0.39 is 0 Å². The molecule has 114 valence electrons. The molecule has 2 N–H and O–H groups in total. The van der Waals surface area contributed by atoms with Crippen molar-refractivity contribution in [2.45, 2.75) is 45.8 Å². The number of methoxy groups -OCH3 is 1. The van der Waals surface area contributed by atoms with Gasteiger partial charge >= 0.3 is 0 Å². The molecule has 2 atom stereocenters. The van der Waals surface area contributed by atoms with Gasteiger partial charge in [-0.2, -0.15) is 0 Å². The fourth-order valence-electron chi connectivity index (χ4n) is 2.42. The molecule has 0 radical (unpaired) electrons. The zero-order chi connectivity index (χ0) is 14.3. The van der Waals surface area contributed by atoms with Gasteiger partial charge in [-0.15, -0.1) is 0 Å². The molecule has 1 fully saturated rings. The molecule has 0 aromatic carbocycles. The highest BCUT2D eigenvalue weighted by molar-refractivity contribution is 4.86. The Balaban J connectivity index is 2.28. The second-order valence-electron chi connectivity index (χ2n) is 6.27. The molecule has 0 saturated heterocycles. The lowest BCUT2D eigenvalue weighted by Crippen LogP contribution is -2.45. The third-order valence-electron chi connectivity index (χ3n) is 3.84. The molecule has 0 spiro atoms. The number of rotatable bonds is 11. The first kappa shape index (κ1) is 16.9. The normalized spacial score (nSPS) is 19.1. The lowest BCUT2D eigenvalue weighted by molar-refractivity contribution is 0.0620. The van der Waals surface area contributed by atoms with Crippen LogP contribution in [0.25, 0.3) is 0 Å². The van der Waals surface area contributed by atoms with Crippen molar-refractivity contribution in [1.29, 1.82) is 0 Å². The van der Waals surface area contributed by atoms with Crippen LogP contribution in [0.4, 0.5) is 0 Å². The molecule has 0 aromatic heterocycles. The third kappa shape index (κ3) is 7.25. The van der Waals surface area contributed by atoms with Gasteiger partial charge in [0.25, 0.3) is 0 Å². The van der Waals surface area contributed by atoms with E-state index in [1.165, 1.54) is 12.8 Å². The van der Waals surface area contributed by atoms with Crippen molar-refractivity contribution in [1.82, 2.24) is 10.2 Å². The van der Waals surface area contributed by atoms with Gasteiger partial charge in [-0.3, -0.25) is 4.90 Å². The fraction of sp³-hybridized carbons (Fsp3) is 1.00. The minimum atomic E-state index is -0.295. The molecule has 19 heavy (non-hydrogen) atoms. The number of hydrogen-bond donors (Lipinski definition) is 2. The Morgan fingerprint density at radius 2 is 1.95 bits per heavy atom. The smallest absolute Gasteiger partial charge is 0.0791 e. The molecule has 1 aliphatic carbocycles. The van der Waals surface area contributed by atoms with Crippen molar-refractivity contribution < 1.29 is 9.84 Å². The molecule has 0 heterocycles. The van der Waals surface area contributed by atoms with Crippen LogP contribution in [0.5, 0.6) is 0 Å². The van der Waals surface area contributed by atoms with E-state index >= 15 is 0 Å². The first-order valence-electron chi connectivity index (χ1n) is 7.66. The van der Waals surface area contributed by atoms with E-state index in [4.69, 9.17) is 4.74 Å². The highest BCUT2D eigenvalue weighted by atomic mass is 16.5. The number of ether oxygens (including phenoxy) is 1. The van der Waals surface area contributed by atoms with E-state index in [1.54, 1.807) is 7.11 Å². The summed E-state index contributed by atoms with van der Waals surface area (Å²) in [6.45, 7) is 10.7. The Labute approximate surface area is 118 Å². The first-order valence-corrected chi connectivity index (χ1v) is 7.66. The van der Waals surface area contributed by atoms with Crippen LogP contribution in [0.2, 0.25) is 0 Å². The van der Waals surface area contributed by atoms with E-state index in [2.05, 4.69) is 31.0 Å². The molecule has 0 aromatic rings. The van der Waals surface area contributed by atoms with Crippen LogP contribution < -0.4 is 5.32 Å². The standard InChI is InChI=1S/C15H32N2O2/c1-12(2)9-16-10-15(18)11-17(7-8-19-4)13(3)14-5-6-14/h12-16,18H,5-11H2,1-4H3. The number of hydrogen-bond acceptors (Lipinski definition) is 4. The van der Waals surface area contributed by atoms with Crippen molar-refractivity contribution in [3.05, 3.63) is 0 Å². The average molecular weight is 272 g/mol. The molecule has 1 aliphatic rings. The number of aliphatic hydroxyl groups excluding tert-OH is 1. The lowest BCUT2D eigenvalue weighted by Gasteiger charge is -2.31. The summed E-state index contributed by atoms with van der Waals surface area (Å²) in [6, 6.07) is 0.565. The van der Waals surface area contributed by atoms with Crippen LogP contribution in [0.15, 0.2) is 0 Å². The van der Waals surface area contributed by atoms with Crippen LogP contribution in [-0.4, -0.2) is 62.0 Å². The molecule has 4 nitrogen and oxygen atoms in total. The first-order chi connectivity index (χ1) is 9.04. The van der Waals surface area contributed by atoms with Gasteiger partial charge in [0.05, 0.1) is 12.7 Å². The summed E-state index contributed by atoms with van der Waals surface area (Å²) < 4.78 is 5.18. The second-order valence-corrected chi connectivity index (χ2v) is 6.27. The van der Waals surface area contributed by atoms with Gasteiger partial charge in [-0.05, 0) is 38.1 Å². The topological polar surface area (TPSA) is 44.7 Å². The quantitative estimate of drug-likeness (QED) is 0.596. The summed E-state index contributed by atoms with van der Waals surface area (Å²) in [5.41, 5.74) is 0. The highest BCUT2D eigenvalue weighted by Gasteiger charge is 2.32. The Morgan fingerprint density at radius 3 is 2.47 bits per heavy atom. The summed E-state index contributed by atoms with van der Waals surface area (Å²) >= 11 is 0. The van der Waals surface area contributed by atoms with Gasteiger partial charge in [0.2, 0.25) is 0 Å². The lowest BCUT2D eigenvalue weighted by atomic mass is 10.1. The van der Waals surface area contributed by atoms with E-state index in [-0.39, 0.29) is 6.10 Å². The van der Waals surface area contributed by atoms with Crippen LogP contribution in [0.1, 0.15) is 33.6 Å². The fourth-order valence-corrected chi connectivity index (χ4v) is 2.42. The molecular formula is C15H32N2O2. The van der Waals surface area contributed by atoms with Gasteiger partial charge in [0, 0.05) is 32.8 Å². The van der Waals surface area contributed by atoms with E-state index in [0.717, 1.165) is 32.2 Å². The Kier molecular flexibility index (Phi) is 7.91. The molecule has 1 saturated carbocycles. The number of nitrogens with zero attached hydrogens (tertiary/aromatic N) is 1. The van der Waals surface area contributed by atoms with Gasteiger partial charge in [-0.25, -0.2) is 0 Å². The average Bonchev–Trinajstić information content (AvgIpc) is 3.17. The largest absolute Gasteiger partial charge is 0.390 e. The van der Waals surface area contributed by atoms with Gasteiger partial charge < -0.3 is 15.2 Å². The number of aliphatic hydroxyl groups is 1. The van der Waals surface area contributed by atoms with Crippen molar-refractivity contribution in [2.75, 3.05) is 39.9 Å². The van der Waals surface area contributed by atoms with Crippen LogP contribution >= 0.6 is 0 Å². The number of nitrogens with one attached hydrogen (secondary N) is 1. The molecule has 4 heteroatoms. The summed E-state index contributed by atoms with van der Waals surface area (Å²) in [5, 5.41) is 13.5. The van der Waals surface area contributed by atoms with Crippen molar-refractivity contribution in [2.24, 2.45) is 11.8 Å². The summed E-state index contributed by atoms with van der Waals surface area (Å²) in [4.78, 5) is 2.38. The van der Waals surface area contributed by atoms with Gasteiger partial charge in [0.1, 0.15) is 0 Å². The molecule has 0 amide bonds. The molecule has 0 aliphatic heterocycles. The van der Waals surface area contributed by atoms with Crippen molar-refractivity contribution in [3.63, 3.8) is 0 Å². The van der Waals surface area contributed by atoms with Crippen molar-refractivity contribution >= 4 is 0 Å². The van der Waals surface area contributed by atoms with Crippen LogP contribution in [0.3, 0.4) is 0 Å². The predicted molar refractivity (Wildman–Crippen MR) is 79.3 cm³/mol. The monoisotopic (exact) mass is 272 g/mol. The maximum atomic E-state index is 10.1. The Hall–Kier alpha value is -0.160.